The van der Waals surface area contributed by atoms with Gasteiger partial charge in [-0.2, -0.15) is 13.2 Å². The summed E-state index contributed by atoms with van der Waals surface area (Å²) in [6, 6.07) is 6.76. The molecule has 0 unspecified atom stereocenters. The highest BCUT2D eigenvalue weighted by atomic mass is 19.4. The predicted molar refractivity (Wildman–Crippen MR) is 103 cm³/mol. The van der Waals surface area contributed by atoms with Crippen molar-refractivity contribution in [2.75, 3.05) is 6.54 Å². The average molecular weight is 402 g/mol. The maximum absolute atomic E-state index is 12.8. The van der Waals surface area contributed by atoms with Crippen LogP contribution in [0.4, 0.5) is 13.2 Å². The lowest BCUT2D eigenvalue weighted by Gasteiger charge is -2.27. The molecule has 152 valence electrons. The van der Waals surface area contributed by atoms with Gasteiger partial charge in [0.2, 0.25) is 0 Å². The van der Waals surface area contributed by atoms with Crippen LogP contribution in [-0.4, -0.2) is 26.4 Å². The molecule has 0 bridgehead atoms. The van der Waals surface area contributed by atoms with E-state index in [-0.39, 0.29) is 11.4 Å². The van der Waals surface area contributed by atoms with Crippen LogP contribution in [0, 0.1) is 13.8 Å². The molecule has 4 rings (SSSR count). The lowest BCUT2D eigenvalue weighted by molar-refractivity contribution is -0.137. The van der Waals surface area contributed by atoms with Crippen LogP contribution in [-0.2, 0) is 25.7 Å². The Labute approximate surface area is 165 Å². The summed E-state index contributed by atoms with van der Waals surface area (Å²) in [7, 11) is 0. The SMILES string of the molecule is Cc1cc(C)c(CN2CCc3c(nc(-c4ccc(C(F)(F)F)cc4)[nH]c3=O)C2)[nH]1. The average Bonchev–Trinajstić information content (AvgIpc) is 2.97. The van der Waals surface area contributed by atoms with Gasteiger partial charge in [-0.1, -0.05) is 12.1 Å². The zero-order valence-electron chi connectivity index (χ0n) is 16.2. The van der Waals surface area contributed by atoms with Gasteiger partial charge in [0.05, 0.1) is 11.3 Å². The number of aryl methyl sites for hydroxylation is 2. The summed E-state index contributed by atoms with van der Waals surface area (Å²) >= 11 is 0. The van der Waals surface area contributed by atoms with Crippen molar-refractivity contribution in [2.24, 2.45) is 0 Å². The molecule has 0 radical (unpaired) electrons. The Morgan fingerprint density at radius 2 is 1.86 bits per heavy atom. The summed E-state index contributed by atoms with van der Waals surface area (Å²) < 4.78 is 38.3. The molecular formula is C21H21F3N4O. The number of H-pyrrole nitrogens is 2. The maximum Gasteiger partial charge on any atom is 0.416 e. The molecule has 0 spiro atoms. The largest absolute Gasteiger partial charge is 0.416 e. The first-order valence-electron chi connectivity index (χ1n) is 9.38. The fourth-order valence-corrected chi connectivity index (χ4v) is 3.75. The molecule has 2 N–H and O–H groups in total. The van der Waals surface area contributed by atoms with Gasteiger partial charge in [0.25, 0.3) is 5.56 Å². The van der Waals surface area contributed by atoms with E-state index in [1.807, 2.05) is 6.92 Å². The van der Waals surface area contributed by atoms with E-state index in [1.165, 1.54) is 17.7 Å². The quantitative estimate of drug-likeness (QED) is 0.697. The summed E-state index contributed by atoms with van der Waals surface area (Å²) in [6.07, 6.45) is -3.81. The number of nitrogens with one attached hydrogen (secondary N) is 2. The monoisotopic (exact) mass is 402 g/mol. The van der Waals surface area contributed by atoms with E-state index < -0.39 is 11.7 Å². The van der Waals surface area contributed by atoms with Crippen LogP contribution >= 0.6 is 0 Å². The third-order valence-electron chi connectivity index (χ3n) is 5.28. The molecule has 8 heteroatoms. The van der Waals surface area contributed by atoms with Gasteiger partial charge in [-0.3, -0.25) is 9.69 Å². The topological polar surface area (TPSA) is 64.8 Å². The Kier molecular flexibility index (Phi) is 4.82. The van der Waals surface area contributed by atoms with E-state index in [9.17, 15) is 18.0 Å². The Morgan fingerprint density at radius 3 is 2.48 bits per heavy atom. The van der Waals surface area contributed by atoms with Crippen molar-refractivity contribution in [1.82, 2.24) is 19.9 Å². The molecular weight excluding hydrogens is 381 g/mol. The molecule has 1 aromatic carbocycles. The van der Waals surface area contributed by atoms with Gasteiger partial charge in [-0.25, -0.2) is 4.98 Å². The second-order valence-electron chi connectivity index (χ2n) is 7.49. The minimum Gasteiger partial charge on any atom is -0.361 e. The maximum atomic E-state index is 12.8. The first-order valence-corrected chi connectivity index (χ1v) is 9.38. The van der Waals surface area contributed by atoms with Crippen LogP contribution < -0.4 is 5.56 Å². The highest BCUT2D eigenvalue weighted by Gasteiger charge is 2.30. The second-order valence-corrected chi connectivity index (χ2v) is 7.49. The summed E-state index contributed by atoms with van der Waals surface area (Å²) in [6.45, 7) is 6.06. The number of fused-ring (bicyclic) bond motifs is 1. The fraction of sp³-hybridized carbons (Fsp3) is 0.333. The predicted octanol–water partition coefficient (Wildman–Crippen LogP) is 3.96. The number of aromatic amines is 2. The van der Waals surface area contributed by atoms with E-state index >= 15 is 0 Å². The van der Waals surface area contributed by atoms with Gasteiger partial charge in [-0.15, -0.1) is 0 Å². The molecule has 5 nitrogen and oxygen atoms in total. The number of aromatic nitrogens is 3. The minimum atomic E-state index is -4.40. The smallest absolute Gasteiger partial charge is 0.361 e. The molecule has 2 aromatic heterocycles. The standard InChI is InChI=1S/C21H21F3N4O/c1-12-9-13(2)25-17(12)10-28-8-7-16-18(11-28)26-19(27-20(16)29)14-3-5-15(6-4-14)21(22,23)24/h3-6,9,25H,7-8,10-11H2,1-2H3,(H,26,27,29). The first-order chi connectivity index (χ1) is 13.7. The third-order valence-corrected chi connectivity index (χ3v) is 5.28. The summed E-state index contributed by atoms with van der Waals surface area (Å²) in [4.78, 5) is 25.4. The zero-order valence-corrected chi connectivity index (χ0v) is 16.2. The Balaban J connectivity index is 1.60. The highest BCUT2D eigenvalue weighted by Crippen LogP contribution is 2.30. The number of nitrogens with zero attached hydrogens (tertiary/aromatic N) is 2. The number of alkyl halides is 3. The van der Waals surface area contributed by atoms with Gasteiger partial charge in [0, 0.05) is 42.1 Å². The molecule has 3 aromatic rings. The fourth-order valence-electron chi connectivity index (χ4n) is 3.75. The lowest BCUT2D eigenvalue weighted by Crippen LogP contribution is -2.35. The van der Waals surface area contributed by atoms with E-state index in [0.717, 1.165) is 36.6 Å². The van der Waals surface area contributed by atoms with Crippen LogP contribution in [0.15, 0.2) is 35.1 Å². The van der Waals surface area contributed by atoms with E-state index in [4.69, 9.17) is 0 Å². The number of hydrogen-bond donors (Lipinski definition) is 2. The Hall–Kier alpha value is -2.87. The summed E-state index contributed by atoms with van der Waals surface area (Å²) in [5.41, 5.74) is 4.25. The minimum absolute atomic E-state index is 0.226. The highest BCUT2D eigenvalue weighted by molar-refractivity contribution is 5.56. The van der Waals surface area contributed by atoms with Crippen molar-refractivity contribution in [3.63, 3.8) is 0 Å². The van der Waals surface area contributed by atoms with Crippen molar-refractivity contribution < 1.29 is 13.2 Å². The van der Waals surface area contributed by atoms with Gasteiger partial charge in [-0.05, 0) is 44.0 Å². The van der Waals surface area contributed by atoms with Gasteiger partial charge in [0.15, 0.2) is 0 Å². The van der Waals surface area contributed by atoms with Crippen LogP contribution in [0.25, 0.3) is 11.4 Å². The molecule has 29 heavy (non-hydrogen) atoms. The van der Waals surface area contributed by atoms with Crippen LogP contribution in [0.2, 0.25) is 0 Å². The molecule has 1 aliphatic rings. The van der Waals surface area contributed by atoms with Crippen molar-refractivity contribution in [1.29, 1.82) is 0 Å². The number of rotatable bonds is 3. The number of benzene rings is 1. The first kappa shape index (κ1) is 19.4. The van der Waals surface area contributed by atoms with Crippen molar-refractivity contribution in [2.45, 2.75) is 39.5 Å². The Morgan fingerprint density at radius 1 is 1.14 bits per heavy atom. The summed E-state index contributed by atoms with van der Waals surface area (Å²) in [5.74, 6) is 0.288. The van der Waals surface area contributed by atoms with E-state index in [1.54, 1.807) is 0 Å². The molecule has 0 saturated heterocycles. The van der Waals surface area contributed by atoms with Gasteiger partial charge in [0.1, 0.15) is 5.82 Å². The molecule has 0 saturated carbocycles. The molecule has 0 aliphatic carbocycles. The van der Waals surface area contributed by atoms with E-state index in [0.29, 0.717) is 29.8 Å². The second kappa shape index (κ2) is 7.18. The Bertz CT molecular complexity index is 1100. The van der Waals surface area contributed by atoms with Crippen LogP contribution in [0.1, 0.15) is 33.8 Å². The molecule has 3 heterocycles. The molecule has 0 amide bonds. The van der Waals surface area contributed by atoms with Crippen molar-refractivity contribution in [3.8, 4) is 11.4 Å². The molecule has 0 fully saturated rings. The van der Waals surface area contributed by atoms with Crippen molar-refractivity contribution >= 4 is 0 Å². The molecule has 1 aliphatic heterocycles. The van der Waals surface area contributed by atoms with Crippen LogP contribution in [0.5, 0.6) is 0 Å². The third kappa shape index (κ3) is 3.98. The number of hydrogen-bond acceptors (Lipinski definition) is 3. The normalized spacial score (nSPS) is 14.8. The van der Waals surface area contributed by atoms with Gasteiger partial charge < -0.3 is 9.97 Å². The molecule has 0 atom stereocenters. The van der Waals surface area contributed by atoms with Crippen molar-refractivity contribution in [3.05, 3.63) is 74.5 Å². The van der Waals surface area contributed by atoms with Gasteiger partial charge >= 0.3 is 6.18 Å². The van der Waals surface area contributed by atoms with E-state index in [2.05, 4.69) is 32.8 Å². The zero-order chi connectivity index (χ0) is 20.8. The lowest BCUT2D eigenvalue weighted by atomic mass is 10.0. The van der Waals surface area contributed by atoms with Crippen LogP contribution in [0.3, 0.4) is 0 Å². The summed E-state index contributed by atoms with van der Waals surface area (Å²) in [5, 5.41) is 0. The number of halogens is 3.